The highest BCUT2D eigenvalue weighted by Crippen LogP contribution is 2.49. The van der Waals surface area contributed by atoms with Crippen molar-refractivity contribution in [2.45, 2.75) is 172 Å². The van der Waals surface area contributed by atoms with E-state index in [1.165, 1.54) is 32.1 Å². The number of anilines is 3. The highest BCUT2D eigenvalue weighted by atomic mass is 15.6. The van der Waals surface area contributed by atoms with Crippen molar-refractivity contribution in [1.82, 2.24) is 25.7 Å². The summed E-state index contributed by atoms with van der Waals surface area (Å²) in [6, 6.07) is 1.30. The Kier molecular flexibility index (Phi) is 11.3. The summed E-state index contributed by atoms with van der Waals surface area (Å²) in [5.41, 5.74) is 5.76. The molecule has 47 heavy (non-hydrogen) atoms. The van der Waals surface area contributed by atoms with E-state index in [1.54, 1.807) is 0 Å². The predicted octanol–water partition coefficient (Wildman–Crippen LogP) is 8.85. The monoisotopic (exact) mass is 655 g/mol. The molecule has 3 N–H and O–H groups in total. The van der Waals surface area contributed by atoms with Crippen molar-refractivity contribution in [3.63, 3.8) is 0 Å². The highest BCUT2D eigenvalue weighted by molar-refractivity contribution is 5.45. The molecular weight excluding hydrogens is 580 g/mol. The van der Waals surface area contributed by atoms with Gasteiger partial charge in [-0.3, -0.25) is 5.01 Å². The quantitative estimate of drug-likeness (QED) is 0.152. The minimum Gasteiger partial charge on any atom is -0.357 e. The SMILES string of the molecule is CNc1nc(N(C)C2CC(C)(C)CC(C)(C)C2)nc(N(NCCCCNC2CC(C)(C)CC(C)(C)C2)C2CC(C)(C)CC(C)(C)C2)n1. The first-order valence-electron chi connectivity index (χ1n) is 18.9. The summed E-state index contributed by atoms with van der Waals surface area (Å²) in [5, 5.41) is 9.52. The van der Waals surface area contributed by atoms with Crippen LogP contribution in [0.4, 0.5) is 17.8 Å². The molecule has 0 atom stereocenters. The molecule has 0 bridgehead atoms. The maximum Gasteiger partial charge on any atom is 0.246 e. The standard InChI is InChI=1S/C39H74N8/c1-34(2)19-28(20-35(3,4)25-34)41-17-15-16-18-42-47(30-23-38(9,10)27-39(11,12)24-30)33-44-31(40-13)43-32(45-33)46(14)29-21-36(5,6)26-37(7,8)22-29/h28-30,41-42H,15-27H2,1-14H3,(H,40,43,44,45). The number of rotatable bonds is 12. The second-order valence-corrected chi connectivity index (χ2v) is 20.8. The molecule has 0 saturated heterocycles. The smallest absolute Gasteiger partial charge is 0.246 e. The van der Waals surface area contributed by atoms with Gasteiger partial charge in [-0.05, 0) is 110 Å². The molecule has 1 aromatic rings. The Bertz CT molecular complexity index is 1140. The van der Waals surface area contributed by atoms with Crippen molar-refractivity contribution >= 4 is 17.8 Å². The third-order valence-electron chi connectivity index (χ3n) is 11.2. The Morgan fingerprint density at radius 3 is 1.49 bits per heavy atom. The van der Waals surface area contributed by atoms with Crippen LogP contribution in [-0.2, 0) is 0 Å². The van der Waals surface area contributed by atoms with Crippen LogP contribution in [-0.4, -0.2) is 60.3 Å². The summed E-state index contributed by atoms with van der Waals surface area (Å²) in [6.07, 6.45) is 13.1. The van der Waals surface area contributed by atoms with Gasteiger partial charge >= 0.3 is 0 Å². The van der Waals surface area contributed by atoms with Crippen molar-refractivity contribution in [3.8, 4) is 0 Å². The maximum atomic E-state index is 5.24. The lowest BCUT2D eigenvalue weighted by molar-refractivity contribution is 0.0850. The fourth-order valence-corrected chi connectivity index (χ4v) is 11.0. The lowest BCUT2D eigenvalue weighted by Crippen LogP contribution is -2.53. The van der Waals surface area contributed by atoms with E-state index >= 15 is 0 Å². The molecule has 0 aliphatic heterocycles. The summed E-state index contributed by atoms with van der Waals surface area (Å²) in [5.74, 6) is 2.14. The topological polar surface area (TPSA) is 81.2 Å². The van der Waals surface area contributed by atoms with Gasteiger partial charge in [0.25, 0.3) is 0 Å². The molecular formula is C39H74N8. The Hall–Kier alpha value is -1.67. The van der Waals surface area contributed by atoms with Crippen LogP contribution in [0.25, 0.3) is 0 Å². The van der Waals surface area contributed by atoms with Gasteiger partial charge in [0.05, 0.1) is 0 Å². The first kappa shape index (κ1) is 38.1. The second-order valence-electron chi connectivity index (χ2n) is 20.8. The molecule has 1 heterocycles. The highest BCUT2D eigenvalue weighted by Gasteiger charge is 2.43. The van der Waals surface area contributed by atoms with E-state index in [9.17, 15) is 0 Å². The summed E-state index contributed by atoms with van der Waals surface area (Å²) >= 11 is 0. The molecule has 3 aliphatic carbocycles. The van der Waals surface area contributed by atoms with Crippen LogP contribution < -0.4 is 26.0 Å². The second kappa shape index (κ2) is 13.9. The first-order chi connectivity index (χ1) is 21.5. The van der Waals surface area contributed by atoms with Crippen LogP contribution in [0.15, 0.2) is 0 Å². The molecule has 1 aromatic heterocycles. The van der Waals surface area contributed by atoms with Gasteiger partial charge in [-0.25, -0.2) is 5.43 Å². The number of hydrogen-bond acceptors (Lipinski definition) is 8. The first-order valence-corrected chi connectivity index (χ1v) is 18.9. The lowest BCUT2D eigenvalue weighted by atomic mass is 9.63. The molecule has 8 heteroatoms. The number of unbranched alkanes of at least 4 members (excludes halogenated alkanes) is 1. The molecule has 3 saturated carbocycles. The van der Waals surface area contributed by atoms with E-state index in [0.29, 0.717) is 34.9 Å². The molecule has 0 radical (unpaired) electrons. The summed E-state index contributed by atoms with van der Waals surface area (Å²) < 4.78 is 0. The number of nitrogens with one attached hydrogen (secondary N) is 3. The number of hydrogen-bond donors (Lipinski definition) is 3. The average molecular weight is 655 g/mol. The third-order valence-corrected chi connectivity index (χ3v) is 11.2. The zero-order valence-corrected chi connectivity index (χ0v) is 33.2. The van der Waals surface area contributed by atoms with E-state index in [4.69, 9.17) is 15.0 Å². The van der Waals surface area contributed by atoms with E-state index in [-0.39, 0.29) is 21.7 Å². The molecule has 4 rings (SSSR count). The summed E-state index contributed by atoms with van der Waals surface area (Å²) in [6.45, 7) is 31.1. The zero-order valence-electron chi connectivity index (χ0n) is 33.2. The fourth-order valence-electron chi connectivity index (χ4n) is 11.0. The molecule has 270 valence electrons. The summed E-state index contributed by atoms with van der Waals surface area (Å²) in [4.78, 5) is 17.5. The Morgan fingerprint density at radius 2 is 1.00 bits per heavy atom. The molecule has 8 nitrogen and oxygen atoms in total. The fraction of sp³-hybridized carbons (Fsp3) is 0.923. The van der Waals surface area contributed by atoms with Crippen molar-refractivity contribution in [1.29, 1.82) is 0 Å². The normalized spacial score (nSPS) is 25.3. The lowest BCUT2D eigenvalue weighted by Gasteiger charge is -2.48. The van der Waals surface area contributed by atoms with Gasteiger partial charge in [-0.1, -0.05) is 83.1 Å². The van der Waals surface area contributed by atoms with E-state index in [0.717, 1.165) is 63.5 Å². The van der Waals surface area contributed by atoms with Crippen LogP contribution >= 0.6 is 0 Å². The molecule has 3 aliphatic rings. The Labute approximate surface area is 289 Å². The Morgan fingerprint density at radius 1 is 0.574 bits per heavy atom. The molecule has 0 unspecified atom stereocenters. The number of aromatic nitrogens is 3. The molecule has 0 amide bonds. The van der Waals surface area contributed by atoms with Crippen molar-refractivity contribution in [2.75, 3.05) is 42.4 Å². The molecule has 0 spiro atoms. The van der Waals surface area contributed by atoms with Crippen molar-refractivity contribution in [3.05, 3.63) is 0 Å². The van der Waals surface area contributed by atoms with Crippen LogP contribution in [0.1, 0.15) is 154 Å². The maximum absolute atomic E-state index is 5.24. The average Bonchev–Trinajstić information content (AvgIpc) is 2.86. The summed E-state index contributed by atoms with van der Waals surface area (Å²) in [7, 11) is 4.11. The van der Waals surface area contributed by atoms with Crippen molar-refractivity contribution < 1.29 is 0 Å². The van der Waals surface area contributed by atoms with Gasteiger partial charge in [0, 0.05) is 38.8 Å². The minimum atomic E-state index is 0.246. The predicted molar refractivity (Wildman–Crippen MR) is 201 cm³/mol. The zero-order chi connectivity index (χ0) is 35.1. The third kappa shape index (κ3) is 10.9. The van der Waals surface area contributed by atoms with Gasteiger partial charge in [0.1, 0.15) is 0 Å². The van der Waals surface area contributed by atoms with Crippen molar-refractivity contribution in [2.24, 2.45) is 32.5 Å². The molecule has 3 fully saturated rings. The largest absolute Gasteiger partial charge is 0.357 e. The van der Waals surface area contributed by atoms with Gasteiger partial charge in [-0.2, -0.15) is 15.0 Å². The van der Waals surface area contributed by atoms with E-state index in [1.807, 2.05) is 7.05 Å². The van der Waals surface area contributed by atoms with Crippen LogP contribution in [0.5, 0.6) is 0 Å². The number of hydrazine groups is 1. The van der Waals surface area contributed by atoms with Gasteiger partial charge in [-0.15, -0.1) is 0 Å². The Balaban J connectivity index is 1.51. The number of nitrogens with zero attached hydrogens (tertiary/aromatic N) is 5. The minimum absolute atomic E-state index is 0.246. The van der Waals surface area contributed by atoms with E-state index < -0.39 is 0 Å². The van der Waals surface area contributed by atoms with Crippen LogP contribution in [0.2, 0.25) is 0 Å². The van der Waals surface area contributed by atoms with Gasteiger partial charge < -0.3 is 15.5 Å². The van der Waals surface area contributed by atoms with E-state index in [2.05, 4.69) is 116 Å². The molecule has 0 aromatic carbocycles. The van der Waals surface area contributed by atoms with Gasteiger partial charge in [0.15, 0.2) is 0 Å². The van der Waals surface area contributed by atoms with Crippen LogP contribution in [0, 0.1) is 32.5 Å². The van der Waals surface area contributed by atoms with Gasteiger partial charge in [0.2, 0.25) is 17.8 Å². The van der Waals surface area contributed by atoms with Crippen LogP contribution in [0.3, 0.4) is 0 Å².